The third kappa shape index (κ3) is 6.04. The van der Waals surface area contributed by atoms with Crippen molar-refractivity contribution in [2.75, 3.05) is 41.0 Å². The van der Waals surface area contributed by atoms with E-state index in [0.717, 1.165) is 49.5 Å². The molecule has 9 heteroatoms. The van der Waals surface area contributed by atoms with Crippen LogP contribution < -0.4 is 18.9 Å². The summed E-state index contributed by atoms with van der Waals surface area (Å²) >= 11 is 0. The molecule has 0 spiro atoms. The van der Waals surface area contributed by atoms with Crippen LogP contribution >= 0.6 is 12.4 Å². The maximum atomic E-state index is 12.6. The van der Waals surface area contributed by atoms with E-state index in [4.69, 9.17) is 14.2 Å². The molecule has 0 amide bonds. The number of hydrogen-bond acceptors (Lipinski definition) is 6. The molecule has 0 saturated heterocycles. The molecule has 1 heterocycles. The number of nitrogens with zero attached hydrogens (tertiary/aromatic N) is 1. The van der Waals surface area contributed by atoms with Crippen molar-refractivity contribution in [3.8, 4) is 17.2 Å². The van der Waals surface area contributed by atoms with Crippen LogP contribution in [0.25, 0.3) is 0 Å². The number of methoxy groups -OCH3 is 3. The molecule has 0 unspecified atom stereocenters. The average Bonchev–Trinajstić information content (AvgIpc) is 2.75. The number of aryl methyl sites for hydroxylation is 1. The second-order valence-electron chi connectivity index (χ2n) is 7.41. The highest BCUT2D eigenvalue weighted by Crippen LogP contribution is 2.33. The Bertz CT molecular complexity index is 998. The Balaban J connectivity index is 0.00000341. The Morgan fingerprint density at radius 3 is 2.26 bits per heavy atom. The van der Waals surface area contributed by atoms with Crippen LogP contribution in [0.1, 0.15) is 23.1 Å². The number of benzene rings is 2. The molecule has 7 nitrogen and oxygen atoms in total. The minimum atomic E-state index is -3.61. The van der Waals surface area contributed by atoms with Gasteiger partial charge in [-0.3, -0.25) is 4.90 Å². The van der Waals surface area contributed by atoms with Gasteiger partial charge in [0.25, 0.3) is 0 Å². The van der Waals surface area contributed by atoms with Crippen LogP contribution in [-0.2, 0) is 23.0 Å². The van der Waals surface area contributed by atoms with Gasteiger partial charge >= 0.3 is 0 Å². The molecule has 0 bridgehead atoms. The lowest BCUT2D eigenvalue weighted by molar-refractivity contribution is 0.250. The van der Waals surface area contributed by atoms with Gasteiger partial charge in [0, 0.05) is 19.6 Å². The second-order valence-corrected chi connectivity index (χ2v) is 9.14. The first-order chi connectivity index (χ1) is 14.4. The van der Waals surface area contributed by atoms with Gasteiger partial charge in [-0.15, -0.1) is 12.4 Å². The van der Waals surface area contributed by atoms with Crippen molar-refractivity contribution in [1.29, 1.82) is 0 Å². The zero-order valence-electron chi connectivity index (χ0n) is 18.4. The Morgan fingerprint density at radius 1 is 0.968 bits per heavy atom. The maximum Gasteiger partial charge on any atom is 0.244 e. The first-order valence-corrected chi connectivity index (χ1v) is 11.5. The summed E-state index contributed by atoms with van der Waals surface area (Å²) in [5.41, 5.74) is 3.45. The third-order valence-corrected chi connectivity index (χ3v) is 6.85. The fraction of sp³-hybridized carbons (Fsp3) is 0.455. The van der Waals surface area contributed by atoms with Crippen LogP contribution in [0.3, 0.4) is 0 Å². The van der Waals surface area contributed by atoms with Gasteiger partial charge in [0.15, 0.2) is 11.5 Å². The molecule has 1 N–H and O–H groups in total. The third-order valence-electron chi connectivity index (χ3n) is 5.35. The Kier molecular flexibility index (Phi) is 9.00. The van der Waals surface area contributed by atoms with Crippen molar-refractivity contribution in [2.24, 2.45) is 0 Å². The Labute approximate surface area is 191 Å². The van der Waals surface area contributed by atoms with Crippen molar-refractivity contribution in [3.63, 3.8) is 0 Å². The number of sulfonamides is 1. The van der Waals surface area contributed by atoms with Crippen LogP contribution in [-0.4, -0.2) is 54.3 Å². The van der Waals surface area contributed by atoms with Crippen LogP contribution in [0.15, 0.2) is 35.2 Å². The van der Waals surface area contributed by atoms with Gasteiger partial charge in [-0.2, -0.15) is 0 Å². The molecule has 2 aromatic carbocycles. The van der Waals surface area contributed by atoms with Crippen LogP contribution in [0.5, 0.6) is 17.2 Å². The number of rotatable bonds is 9. The highest BCUT2D eigenvalue weighted by molar-refractivity contribution is 7.89. The summed E-state index contributed by atoms with van der Waals surface area (Å²) < 4.78 is 44.0. The average molecular weight is 471 g/mol. The smallest absolute Gasteiger partial charge is 0.244 e. The largest absolute Gasteiger partial charge is 0.495 e. The summed E-state index contributed by atoms with van der Waals surface area (Å²) in [7, 11) is 1.15. The molecule has 0 aromatic heterocycles. The van der Waals surface area contributed by atoms with Crippen molar-refractivity contribution in [1.82, 2.24) is 9.62 Å². The minimum absolute atomic E-state index is 0. The zero-order valence-corrected chi connectivity index (χ0v) is 20.1. The van der Waals surface area contributed by atoms with Crippen molar-refractivity contribution in [2.45, 2.75) is 31.2 Å². The van der Waals surface area contributed by atoms with E-state index in [1.54, 1.807) is 32.4 Å². The Hall–Kier alpha value is -2.00. The molecule has 0 radical (unpaired) electrons. The minimum Gasteiger partial charge on any atom is -0.495 e. The van der Waals surface area contributed by atoms with E-state index >= 15 is 0 Å². The first-order valence-electron chi connectivity index (χ1n) is 9.98. The standard InChI is InChI=1S/C22H30N2O5S.ClH/c1-16-6-7-22(21(12-16)29-4)30(25,26)23-9-5-10-24-11-8-17-13-19(27-2)20(28-3)14-18(17)15-24;/h6-7,12-14,23H,5,8-11,15H2,1-4H3;1H. The fourth-order valence-electron chi connectivity index (χ4n) is 3.72. The Morgan fingerprint density at radius 2 is 1.61 bits per heavy atom. The fourth-order valence-corrected chi connectivity index (χ4v) is 4.94. The maximum absolute atomic E-state index is 12.6. The molecular formula is C22H31ClN2O5S. The molecule has 0 fully saturated rings. The molecule has 3 rings (SSSR count). The van der Waals surface area contributed by atoms with E-state index in [9.17, 15) is 8.42 Å². The van der Waals surface area contributed by atoms with E-state index in [1.807, 2.05) is 13.0 Å². The topological polar surface area (TPSA) is 77.1 Å². The number of halogens is 1. The van der Waals surface area contributed by atoms with Gasteiger partial charge in [-0.25, -0.2) is 13.1 Å². The molecule has 2 aromatic rings. The summed E-state index contributed by atoms with van der Waals surface area (Å²) in [5.74, 6) is 1.85. The molecular weight excluding hydrogens is 440 g/mol. The SMILES string of the molecule is COc1cc2c(cc1OC)CN(CCCNS(=O)(=O)c1ccc(C)cc1OC)CC2.Cl. The van der Waals surface area contributed by atoms with Gasteiger partial charge in [0.05, 0.1) is 21.3 Å². The lowest BCUT2D eigenvalue weighted by Crippen LogP contribution is -2.34. The monoisotopic (exact) mass is 470 g/mol. The van der Waals surface area contributed by atoms with E-state index < -0.39 is 10.0 Å². The number of ether oxygens (including phenoxy) is 3. The summed E-state index contributed by atoms with van der Waals surface area (Å²) in [5, 5.41) is 0. The van der Waals surface area contributed by atoms with E-state index in [2.05, 4.69) is 15.7 Å². The predicted octanol–water partition coefficient (Wildman–Crippen LogP) is 3.17. The van der Waals surface area contributed by atoms with Crippen molar-refractivity contribution < 1.29 is 22.6 Å². The molecule has 1 aliphatic heterocycles. The molecule has 172 valence electrons. The van der Waals surface area contributed by atoms with Crippen molar-refractivity contribution in [3.05, 3.63) is 47.0 Å². The molecule has 1 aliphatic rings. The number of hydrogen-bond donors (Lipinski definition) is 1. The lowest BCUT2D eigenvalue weighted by atomic mass is 9.98. The van der Waals surface area contributed by atoms with Crippen LogP contribution in [0.2, 0.25) is 0 Å². The van der Waals surface area contributed by atoms with Gasteiger partial charge < -0.3 is 14.2 Å². The highest BCUT2D eigenvalue weighted by Gasteiger charge is 2.21. The molecule has 0 atom stereocenters. The van der Waals surface area contributed by atoms with Crippen LogP contribution in [0, 0.1) is 6.92 Å². The zero-order chi connectivity index (χ0) is 21.7. The summed E-state index contributed by atoms with van der Waals surface area (Å²) in [6.45, 7) is 4.82. The lowest BCUT2D eigenvalue weighted by Gasteiger charge is -2.29. The molecule has 0 aliphatic carbocycles. The number of nitrogens with one attached hydrogen (secondary N) is 1. The van der Waals surface area contributed by atoms with Gasteiger partial charge in [-0.1, -0.05) is 6.07 Å². The first kappa shape index (κ1) is 25.3. The van der Waals surface area contributed by atoms with Crippen LogP contribution in [0.4, 0.5) is 0 Å². The summed E-state index contributed by atoms with van der Waals surface area (Å²) in [4.78, 5) is 2.50. The molecule has 31 heavy (non-hydrogen) atoms. The van der Waals surface area contributed by atoms with Crippen molar-refractivity contribution >= 4 is 22.4 Å². The van der Waals surface area contributed by atoms with E-state index in [0.29, 0.717) is 12.3 Å². The normalized spacial score (nSPS) is 13.8. The highest BCUT2D eigenvalue weighted by atomic mass is 35.5. The predicted molar refractivity (Wildman–Crippen MR) is 123 cm³/mol. The van der Waals surface area contributed by atoms with Gasteiger partial charge in [-0.05, 0) is 67.3 Å². The number of fused-ring (bicyclic) bond motifs is 1. The second kappa shape index (κ2) is 11.0. The molecule has 0 saturated carbocycles. The van der Waals surface area contributed by atoms with Gasteiger partial charge in [0.2, 0.25) is 10.0 Å². The quantitative estimate of drug-likeness (QED) is 0.567. The van der Waals surface area contributed by atoms with Gasteiger partial charge in [0.1, 0.15) is 10.6 Å². The van der Waals surface area contributed by atoms with E-state index in [1.165, 1.54) is 18.2 Å². The summed E-state index contributed by atoms with van der Waals surface area (Å²) in [6, 6.07) is 9.16. The summed E-state index contributed by atoms with van der Waals surface area (Å²) in [6.07, 6.45) is 1.65. The van der Waals surface area contributed by atoms with E-state index in [-0.39, 0.29) is 17.3 Å².